The molecule has 14 heavy (non-hydrogen) atoms. The zero-order chi connectivity index (χ0) is 10.2. The zero-order valence-electron chi connectivity index (χ0n) is 7.73. The van der Waals surface area contributed by atoms with E-state index < -0.39 is 0 Å². The first-order chi connectivity index (χ1) is 6.84. The van der Waals surface area contributed by atoms with Gasteiger partial charge in [-0.05, 0) is 0 Å². The number of thiazole rings is 1. The van der Waals surface area contributed by atoms with Crippen molar-refractivity contribution in [3.05, 3.63) is 29.2 Å². The van der Waals surface area contributed by atoms with Crippen LogP contribution in [0.25, 0.3) is 0 Å². The molecule has 0 aliphatic carbocycles. The summed E-state index contributed by atoms with van der Waals surface area (Å²) in [5, 5.41) is 4.54. The molecule has 0 spiro atoms. The largest absolute Gasteiger partial charge is 0.350 e. The second-order valence-corrected chi connectivity index (χ2v) is 4.36. The molecule has 0 aromatic carbocycles. The average Bonchev–Trinajstić information content (AvgIpc) is 2.70. The molecule has 0 saturated heterocycles. The van der Waals surface area contributed by atoms with Crippen LogP contribution in [0.2, 0.25) is 0 Å². The molecule has 0 atom stereocenters. The van der Waals surface area contributed by atoms with E-state index in [0.29, 0.717) is 12.2 Å². The van der Waals surface area contributed by atoms with Gasteiger partial charge in [0.1, 0.15) is 5.69 Å². The Morgan fingerprint density at radius 3 is 3.29 bits per heavy atom. The van der Waals surface area contributed by atoms with Gasteiger partial charge in [-0.15, -0.1) is 17.9 Å². The maximum atomic E-state index is 11.3. The quantitative estimate of drug-likeness (QED) is 0.596. The van der Waals surface area contributed by atoms with Crippen molar-refractivity contribution >= 4 is 29.0 Å². The third-order valence-electron chi connectivity index (χ3n) is 1.43. The highest BCUT2D eigenvalue weighted by molar-refractivity contribution is 7.99. The third-order valence-corrected chi connectivity index (χ3v) is 2.98. The maximum absolute atomic E-state index is 11.3. The number of carbonyl (C=O) groups is 1. The second-order valence-electron chi connectivity index (χ2n) is 2.49. The van der Waals surface area contributed by atoms with Crippen molar-refractivity contribution in [2.75, 3.05) is 18.1 Å². The molecule has 0 radical (unpaired) electrons. The van der Waals surface area contributed by atoms with E-state index >= 15 is 0 Å². The van der Waals surface area contributed by atoms with Crippen molar-refractivity contribution in [1.82, 2.24) is 10.3 Å². The maximum Gasteiger partial charge on any atom is 0.270 e. The van der Waals surface area contributed by atoms with Crippen LogP contribution < -0.4 is 5.32 Å². The van der Waals surface area contributed by atoms with Crippen molar-refractivity contribution in [3.8, 4) is 0 Å². The molecule has 1 aromatic heterocycles. The monoisotopic (exact) mass is 228 g/mol. The summed E-state index contributed by atoms with van der Waals surface area (Å²) in [6, 6.07) is 0. The van der Waals surface area contributed by atoms with Crippen molar-refractivity contribution in [2.45, 2.75) is 0 Å². The van der Waals surface area contributed by atoms with Gasteiger partial charge in [0.05, 0.1) is 5.51 Å². The molecule has 1 amide bonds. The first kappa shape index (κ1) is 11.3. The predicted octanol–water partition coefficient (Wildman–Crippen LogP) is 1.79. The number of nitrogens with zero attached hydrogens (tertiary/aromatic N) is 1. The van der Waals surface area contributed by atoms with Gasteiger partial charge in [-0.25, -0.2) is 4.98 Å². The molecule has 1 rings (SSSR count). The summed E-state index contributed by atoms with van der Waals surface area (Å²) in [6.07, 6.45) is 1.85. The third kappa shape index (κ3) is 3.93. The topological polar surface area (TPSA) is 42.0 Å². The molecular weight excluding hydrogens is 216 g/mol. The van der Waals surface area contributed by atoms with Crippen LogP contribution in [0.3, 0.4) is 0 Å². The lowest BCUT2D eigenvalue weighted by molar-refractivity contribution is 0.0952. The molecule has 3 nitrogen and oxygen atoms in total. The van der Waals surface area contributed by atoms with E-state index in [2.05, 4.69) is 16.9 Å². The Morgan fingerprint density at radius 2 is 2.64 bits per heavy atom. The van der Waals surface area contributed by atoms with Crippen LogP contribution in [0.15, 0.2) is 23.5 Å². The van der Waals surface area contributed by atoms with Crippen molar-refractivity contribution in [2.24, 2.45) is 0 Å². The van der Waals surface area contributed by atoms with Crippen LogP contribution in [-0.2, 0) is 0 Å². The summed E-state index contributed by atoms with van der Waals surface area (Å²) in [5.41, 5.74) is 2.16. The summed E-state index contributed by atoms with van der Waals surface area (Å²) in [6.45, 7) is 4.29. The number of thioether (sulfide) groups is 1. The van der Waals surface area contributed by atoms with E-state index in [9.17, 15) is 4.79 Å². The van der Waals surface area contributed by atoms with E-state index in [1.165, 1.54) is 11.3 Å². The Kier molecular flexibility index (Phi) is 5.32. The Bertz CT molecular complexity index is 285. The van der Waals surface area contributed by atoms with Gasteiger partial charge < -0.3 is 5.32 Å². The Hall–Kier alpha value is -0.810. The van der Waals surface area contributed by atoms with Crippen LogP contribution in [0, 0.1) is 0 Å². The first-order valence-electron chi connectivity index (χ1n) is 4.19. The van der Waals surface area contributed by atoms with Gasteiger partial charge in [-0.2, -0.15) is 11.8 Å². The Balaban J connectivity index is 2.13. The van der Waals surface area contributed by atoms with Crippen molar-refractivity contribution in [3.63, 3.8) is 0 Å². The summed E-state index contributed by atoms with van der Waals surface area (Å²) < 4.78 is 0. The highest BCUT2D eigenvalue weighted by Gasteiger charge is 2.05. The predicted molar refractivity (Wildman–Crippen MR) is 62.0 cm³/mol. The van der Waals surface area contributed by atoms with Crippen molar-refractivity contribution < 1.29 is 4.79 Å². The molecule has 5 heteroatoms. The number of nitrogens with one attached hydrogen (secondary N) is 1. The average molecular weight is 228 g/mol. The number of rotatable bonds is 6. The van der Waals surface area contributed by atoms with E-state index in [1.54, 1.807) is 22.7 Å². The number of hydrogen-bond acceptors (Lipinski definition) is 4. The zero-order valence-corrected chi connectivity index (χ0v) is 9.37. The van der Waals surface area contributed by atoms with E-state index in [1.807, 2.05) is 6.08 Å². The normalized spacial score (nSPS) is 9.71. The lowest BCUT2D eigenvalue weighted by atomic mass is 10.4. The molecule has 76 valence electrons. The molecule has 1 N–H and O–H groups in total. The first-order valence-corrected chi connectivity index (χ1v) is 6.29. The molecule has 1 aromatic rings. The minimum Gasteiger partial charge on any atom is -0.350 e. The highest BCUT2D eigenvalue weighted by Crippen LogP contribution is 2.01. The number of aromatic nitrogens is 1. The lowest BCUT2D eigenvalue weighted by Crippen LogP contribution is -2.25. The molecular formula is C9H12N2OS2. The lowest BCUT2D eigenvalue weighted by Gasteiger charge is -2.01. The number of hydrogen-bond donors (Lipinski definition) is 1. The summed E-state index contributed by atoms with van der Waals surface area (Å²) in [4.78, 5) is 15.3. The summed E-state index contributed by atoms with van der Waals surface area (Å²) in [5.74, 6) is 1.74. The molecule has 0 saturated carbocycles. The molecule has 0 aliphatic heterocycles. The van der Waals surface area contributed by atoms with Gasteiger partial charge >= 0.3 is 0 Å². The Labute approximate surface area is 91.6 Å². The fourth-order valence-electron chi connectivity index (χ4n) is 0.819. The van der Waals surface area contributed by atoms with Gasteiger partial charge in [0.15, 0.2) is 0 Å². The molecule has 0 aliphatic rings. The molecule has 0 unspecified atom stereocenters. The van der Waals surface area contributed by atoms with Crippen molar-refractivity contribution in [1.29, 1.82) is 0 Å². The minimum atomic E-state index is -0.0922. The van der Waals surface area contributed by atoms with Crippen LogP contribution in [-0.4, -0.2) is 28.9 Å². The second kappa shape index (κ2) is 6.62. The van der Waals surface area contributed by atoms with E-state index in [-0.39, 0.29) is 5.91 Å². The standard InChI is InChI=1S/C9H12N2OS2/c1-2-4-13-5-3-10-9(12)8-6-14-7-11-8/h2,6-7H,1,3-5H2,(H,10,12). The smallest absolute Gasteiger partial charge is 0.270 e. The molecule has 1 heterocycles. The molecule has 0 fully saturated rings. The van der Waals surface area contributed by atoms with E-state index in [0.717, 1.165) is 11.5 Å². The fraction of sp³-hybridized carbons (Fsp3) is 0.333. The van der Waals surface area contributed by atoms with Gasteiger partial charge in [-0.1, -0.05) is 6.08 Å². The Morgan fingerprint density at radius 1 is 1.79 bits per heavy atom. The van der Waals surface area contributed by atoms with Crippen LogP contribution in [0.1, 0.15) is 10.5 Å². The summed E-state index contributed by atoms with van der Waals surface area (Å²) in [7, 11) is 0. The minimum absolute atomic E-state index is 0.0922. The van der Waals surface area contributed by atoms with Crippen LogP contribution in [0.5, 0.6) is 0 Å². The highest BCUT2D eigenvalue weighted by atomic mass is 32.2. The van der Waals surface area contributed by atoms with Gasteiger partial charge in [0.25, 0.3) is 5.91 Å². The van der Waals surface area contributed by atoms with Gasteiger partial charge in [-0.3, -0.25) is 4.79 Å². The number of amides is 1. The SMILES string of the molecule is C=CCSCCNC(=O)c1cscn1. The molecule has 0 bridgehead atoms. The fourth-order valence-corrected chi connectivity index (χ4v) is 1.93. The van der Waals surface area contributed by atoms with E-state index in [4.69, 9.17) is 0 Å². The van der Waals surface area contributed by atoms with Crippen LogP contribution >= 0.6 is 23.1 Å². The summed E-state index contributed by atoms with van der Waals surface area (Å²) >= 11 is 3.17. The number of carbonyl (C=O) groups excluding carboxylic acids is 1. The van der Waals surface area contributed by atoms with Gasteiger partial charge in [0.2, 0.25) is 0 Å². The van der Waals surface area contributed by atoms with Gasteiger partial charge in [0, 0.05) is 23.4 Å². The van der Waals surface area contributed by atoms with Crippen LogP contribution in [0.4, 0.5) is 0 Å².